The van der Waals surface area contributed by atoms with Gasteiger partial charge in [0, 0.05) is 29.7 Å². The molecule has 1 amide bonds. The largest absolute Gasteiger partial charge is 0.406 e. The minimum absolute atomic E-state index is 0.0128. The number of carbonyl (C=O) groups excluding carboxylic acids is 1. The topological polar surface area (TPSA) is 68.2 Å². The number of pyridine rings is 1. The molecule has 2 aromatic rings. The predicted molar refractivity (Wildman–Crippen MR) is 87.8 cm³/mol. The first-order chi connectivity index (χ1) is 12.8. The van der Waals surface area contributed by atoms with Crippen molar-refractivity contribution in [1.29, 1.82) is 0 Å². The van der Waals surface area contributed by atoms with Crippen molar-refractivity contribution in [3.63, 3.8) is 0 Å². The Morgan fingerprint density at radius 3 is 2.70 bits per heavy atom. The van der Waals surface area contributed by atoms with Gasteiger partial charge in [-0.15, -0.1) is 0 Å². The fraction of sp³-hybridized carbons (Fsp3) is 0.529. The van der Waals surface area contributed by atoms with E-state index in [1.54, 1.807) is 0 Å². The average molecular weight is 386 g/mol. The van der Waals surface area contributed by atoms with E-state index in [-0.39, 0.29) is 34.7 Å². The highest BCUT2D eigenvalue weighted by molar-refractivity contribution is 6.06. The maximum Gasteiger partial charge on any atom is 0.406 e. The summed E-state index contributed by atoms with van der Waals surface area (Å²) in [6.07, 6.45) is -1.23. The van der Waals surface area contributed by atoms with Crippen molar-refractivity contribution in [2.24, 2.45) is 0 Å². The quantitative estimate of drug-likeness (QED) is 0.792. The normalized spacial score (nSPS) is 25.6. The van der Waals surface area contributed by atoms with Gasteiger partial charge in [-0.2, -0.15) is 13.2 Å². The molecule has 2 aliphatic rings. The van der Waals surface area contributed by atoms with E-state index in [9.17, 15) is 22.4 Å². The van der Waals surface area contributed by atoms with Gasteiger partial charge in [-0.1, -0.05) is 0 Å². The van der Waals surface area contributed by atoms with Crippen molar-refractivity contribution in [2.45, 2.75) is 43.7 Å². The van der Waals surface area contributed by atoms with E-state index >= 15 is 0 Å². The molecule has 0 saturated carbocycles. The molecule has 146 valence electrons. The number of aromatic nitrogens is 2. The van der Waals surface area contributed by atoms with Crippen LogP contribution in [0.15, 0.2) is 18.5 Å². The van der Waals surface area contributed by atoms with Crippen LogP contribution >= 0.6 is 0 Å². The molecule has 2 fully saturated rings. The number of fused-ring (bicyclic) bond motifs is 3. The highest BCUT2D eigenvalue weighted by Gasteiger charge is 2.34. The summed E-state index contributed by atoms with van der Waals surface area (Å²) in [4.78, 5) is 16.5. The number of ether oxygens (including phenoxy) is 1. The Morgan fingerprint density at radius 1 is 1.33 bits per heavy atom. The fourth-order valence-electron chi connectivity index (χ4n) is 3.86. The van der Waals surface area contributed by atoms with Crippen LogP contribution in [0.3, 0.4) is 0 Å². The van der Waals surface area contributed by atoms with Crippen molar-refractivity contribution in [3.8, 4) is 0 Å². The van der Waals surface area contributed by atoms with Gasteiger partial charge in [-0.05, 0) is 18.9 Å². The minimum Gasteiger partial charge on any atom is -0.378 e. The van der Waals surface area contributed by atoms with Crippen molar-refractivity contribution in [2.75, 3.05) is 13.2 Å². The first-order valence-corrected chi connectivity index (χ1v) is 8.64. The Morgan fingerprint density at radius 2 is 2.04 bits per heavy atom. The van der Waals surface area contributed by atoms with Crippen molar-refractivity contribution >= 4 is 16.9 Å². The Balaban J connectivity index is 1.60. The number of rotatable bonds is 3. The van der Waals surface area contributed by atoms with Crippen LogP contribution in [-0.4, -0.2) is 53.0 Å². The second-order valence-electron chi connectivity index (χ2n) is 7.05. The summed E-state index contributed by atoms with van der Waals surface area (Å²) in [6.45, 7) is -0.184. The maximum atomic E-state index is 13.6. The van der Waals surface area contributed by atoms with Gasteiger partial charge in [0.05, 0.1) is 25.0 Å². The van der Waals surface area contributed by atoms with Crippen LogP contribution in [0.5, 0.6) is 0 Å². The number of alkyl halides is 3. The number of hydrogen-bond acceptors (Lipinski definition) is 4. The van der Waals surface area contributed by atoms with Gasteiger partial charge in [0.15, 0.2) is 0 Å². The third-order valence-electron chi connectivity index (χ3n) is 4.86. The van der Waals surface area contributed by atoms with E-state index in [1.807, 2.05) is 0 Å². The molecule has 6 nitrogen and oxygen atoms in total. The van der Waals surface area contributed by atoms with E-state index in [4.69, 9.17) is 4.74 Å². The number of nitrogens with zero attached hydrogens (tertiary/aromatic N) is 2. The monoisotopic (exact) mass is 386 g/mol. The summed E-state index contributed by atoms with van der Waals surface area (Å²) < 4.78 is 58.3. The SMILES string of the molecule is O=C(NC1C[C@H]2COC[C@@H](C1)N2)c1cn(CC(F)(F)F)c2ncc(F)cc12. The van der Waals surface area contributed by atoms with Gasteiger partial charge in [0.2, 0.25) is 0 Å². The molecule has 0 aromatic carbocycles. The molecule has 10 heteroatoms. The van der Waals surface area contributed by atoms with Crippen LogP contribution in [-0.2, 0) is 11.3 Å². The van der Waals surface area contributed by atoms with Crippen LogP contribution in [0.25, 0.3) is 11.0 Å². The van der Waals surface area contributed by atoms with Crippen molar-refractivity contribution < 1.29 is 27.1 Å². The minimum atomic E-state index is -4.48. The number of carbonyl (C=O) groups is 1. The molecule has 1 unspecified atom stereocenters. The lowest BCUT2D eigenvalue weighted by Crippen LogP contribution is -2.58. The molecule has 2 N–H and O–H groups in total. The number of piperidine rings is 1. The maximum absolute atomic E-state index is 13.6. The Hall–Kier alpha value is -2.20. The fourth-order valence-corrected chi connectivity index (χ4v) is 3.86. The lowest BCUT2D eigenvalue weighted by Gasteiger charge is -2.40. The number of halogens is 4. The molecule has 2 aromatic heterocycles. The molecule has 3 atom stereocenters. The molecular weight excluding hydrogens is 368 g/mol. The summed E-state index contributed by atoms with van der Waals surface area (Å²) in [5.41, 5.74) is -0.0874. The molecular formula is C17H18F4N4O2. The van der Waals surface area contributed by atoms with E-state index in [1.165, 1.54) is 0 Å². The zero-order valence-corrected chi connectivity index (χ0v) is 14.2. The standard InChI is InChI=1S/C17H18F4N4O2/c18-9-1-13-14(5-25(8-17(19,20)21)15(13)22-4-9)16(26)24-10-2-11-6-27-7-12(3-10)23-11/h1,4-5,10-12,23H,2-3,6-8H2,(H,24,26)/t10?,11-,12+. The van der Waals surface area contributed by atoms with Crippen molar-refractivity contribution in [3.05, 3.63) is 29.8 Å². The molecule has 2 aliphatic heterocycles. The van der Waals surface area contributed by atoms with Crippen LogP contribution in [0.1, 0.15) is 23.2 Å². The van der Waals surface area contributed by atoms with Crippen LogP contribution in [0.4, 0.5) is 17.6 Å². The molecule has 0 radical (unpaired) electrons. The highest BCUT2D eigenvalue weighted by Crippen LogP contribution is 2.26. The van der Waals surface area contributed by atoms with Gasteiger partial charge >= 0.3 is 6.18 Å². The number of nitrogens with one attached hydrogen (secondary N) is 2. The molecule has 2 bridgehead atoms. The summed E-state index contributed by atoms with van der Waals surface area (Å²) in [5.74, 6) is -1.24. The molecule has 2 saturated heterocycles. The van der Waals surface area contributed by atoms with Crippen LogP contribution in [0.2, 0.25) is 0 Å². The molecule has 0 spiro atoms. The predicted octanol–water partition coefficient (Wildman–Crippen LogP) is 1.99. The molecule has 4 rings (SSSR count). The Labute approximate surface area is 151 Å². The van der Waals surface area contributed by atoms with Gasteiger partial charge in [0.25, 0.3) is 5.91 Å². The Bertz CT molecular complexity index is 854. The van der Waals surface area contributed by atoms with E-state index in [2.05, 4.69) is 15.6 Å². The smallest absolute Gasteiger partial charge is 0.378 e. The summed E-state index contributed by atoms with van der Waals surface area (Å²) in [5, 5.41) is 6.33. The van der Waals surface area contributed by atoms with Gasteiger partial charge in [-0.3, -0.25) is 4.79 Å². The van der Waals surface area contributed by atoms with Gasteiger partial charge in [0.1, 0.15) is 18.0 Å². The van der Waals surface area contributed by atoms with Gasteiger partial charge < -0.3 is 19.9 Å². The zero-order chi connectivity index (χ0) is 19.2. The molecule has 4 heterocycles. The second-order valence-corrected chi connectivity index (χ2v) is 7.05. The molecule has 0 aliphatic carbocycles. The first-order valence-electron chi connectivity index (χ1n) is 8.64. The van der Waals surface area contributed by atoms with Gasteiger partial charge in [-0.25, -0.2) is 9.37 Å². The van der Waals surface area contributed by atoms with E-state index in [0.717, 1.165) is 23.0 Å². The second kappa shape index (κ2) is 6.75. The summed E-state index contributed by atoms with van der Waals surface area (Å²) >= 11 is 0. The Kier molecular flexibility index (Phi) is 4.55. The molecule has 27 heavy (non-hydrogen) atoms. The summed E-state index contributed by atoms with van der Waals surface area (Å²) in [6, 6.07) is 1.18. The summed E-state index contributed by atoms with van der Waals surface area (Å²) in [7, 11) is 0. The third kappa shape index (κ3) is 3.91. The van der Waals surface area contributed by atoms with Crippen LogP contribution < -0.4 is 10.6 Å². The number of morpholine rings is 1. The number of amides is 1. The van der Waals surface area contributed by atoms with Crippen LogP contribution in [0, 0.1) is 5.82 Å². The first kappa shape index (κ1) is 18.2. The third-order valence-corrected chi connectivity index (χ3v) is 4.86. The number of hydrogen-bond donors (Lipinski definition) is 2. The highest BCUT2D eigenvalue weighted by atomic mass is 19.4. The van der Waals surface area contributed by atoms with Crippen molar-refractivity contribution in [1.82, 2.24) is 20.2 Å². The average Bonchev–Trinajstić information content (AvgIpc) is 2.90. The lowest BCUT2D eigenvalue weighted by molar-refractivity contribution is -0.139. The zero-order valence-electron chi connectivity index (χ0n) is 14.2. The van der Waals surface area contributed by atoms with E-state index < -0.39 is 24.4 Å². The lowest BCUT2D eigenvalue weighted by atomic mass is 9.92. The van der Waals surface area contributed by atoms with E-state index in [0.29, 0.717) is 26.1 Å².